The second-order valence-electron chi connectivity index (χ2n) is 3.55. The minimum atomic E-state index is -1.12. The van der Waals surface area contributed by atoms with Crippen LogP contribution in [-0.4, -0.2) is 31.6 Å². The summed E-state index contributed by atoms with van der Waals surface area (Å²) in [6, 6.07) is 1.61. The molecule has 1 aromatic heterocycles. The molecule has 0 fully saturated rings. The van der Waals surface area contributed by atoms with Gasteiger partial charge in [-0.15, -0.1) is 5.10 Å². The molecule has 2 N–H and O–H groups in total. The molecule has 20 heavy (non-hydrogen) atoms. The van der Waals surface area contributed by atoms with Gasteiger partial charge in [0.2, 0.25) is 0 Å². The van der Waals surface area contributed by atoms with E-state index >= 15 is 0 Å². The molecular formula is C10H6BrF2N3O3S. The third kappa shape index (κ3) is 2.90. The number of carboxylic acids is 1. The number of benzene rings is 1. The summed E-state index contributed by atoms with van der Waals surface area (Å²) in [5.74, 6) is -3.26. The van der Waals surface area contributed by atoms with Crippen molar-refractivity contribution in [2.24, 2.45) is 0 Å². The standard InChI is InChI=1S/C10H6BrF2N3O3S/c11-5-1-4(12)2-6(13)8(5)16-9(19)14-15-10(16)20-3-7(17)18/h1-2H,3H2,(H,14,19)(H,17,18). The summed E-state index contributed by atoms with van der Waals surface area (Å²) in [5.41, 5.74) is -0.998. The number of rotatable bonds is 4. The predicted octanol–water partition coefficient (Wildman–Crippen LogP) is 1.78. The van der Waals surface area contributed by atoms with E-state index < -0.39 is 23.3 Å². The monoisotopic (exact) mass is 365 g/mol. The molecule has 1 aromatic carbocycles. The van der Waals surface area contributed by atoms with Crippen molar-refractivity contribution in [3.05, 3.63) is 38.7 Å². The molecule has 0 saturated carbocycles. The van der Waals surface area contributed by atoms with Crippen LogP contribution in [0.4, 0.5) is 8.78 Å². The summed E-state index contributed by atoms with van der Waals surface area (Å²) in [6.45, 7) is 0. The average molecular weight is 366 g/mol. The second kappa shape index (κ2) is 5.75. The molecule has 0 spiro atoms. The molecule has 0 atom stereocenters. The van der Waals surface area contributed by atoms with Crippen LogP contribution in [-0.2, 0) is 4.79 Å². The number of H-pyrrole nitrogens is 1. The lowest BCUT2D eigenvalue weighted by molar-refractivity contribution is -0.133. The molecule has 0 aliphatic heterocycles. The third-order valence-electron chi connectivity index (χ3n) is 2.17. The normalized spacial score (nSPS) is 10.8. The molecule has 2 aromatic rings. The summed E-state index contributed by atoms with van der Waals surface area (Å²) < 4.78 is 27.7. The van der Waals surface area contributed by atoms with Crippen LogP contribution in [0.2, 0.25) is 0 Å². The first-order valence-corrected chi connectivity index (χ1v) is 6.85. The van der Waals surface area contributed by atoms with Crippen molar-refractivity contribution in [3.63, 3.8) is 0 Å². The van der Waals surface area contributed by atoms with Gasteiger partial charge in [0.05, 0.1) is 5.75 Å². The van der Waals surface area contributed by atoms with Gasteiger partial charge in [0, 0.05) is 10.5 Å². The molecule has 0 unspecified atom stereocenters. The Labute approximate surface area is 122 Å². The van der Waals surface area contributed by atoms with E-state index in [9.17, 15) is 18.4 Å². The Kier molecular flexibility index (Phi) is 4.23. The third-order valence-corrected chi connectivity index (χ3v) is 3.70. The minimum Gasteiger partial charge on any atom is -0.481 e. The van der Waals surface area contributed by atoms with E-state index in [1.165, 1.54) is 0 Å². The predicted molar refractivity (Wildman–Crippen MR) is 70.2 cm³/mol. The molecular weight excluding hydrogens is 360 g/mol. The number of halogens is 3. The van der Waals surface area contributed by atoms with Crippen molar-refractivity contribution >= 4 is 33.7 Å². The number of hydrogen-bond acceptors (Lipinski definition) is 4. The van der Waals surface area contributed by atoms with Crippen molar-refractivity contribution in [1.82, 2.24) is 14.8 Å². The van der Waals surface area contributed by atoms with Crippen LogP contribution in [0.3, 0.4) is 0 Å². The quantitative estimate of drug-likeness (QED) is 0.806. The van der Waals surface area contributed by atoms with Gasteiger partial charge in [-0.1, -0.05) is 11.8 Å². The number of carboxylic acid groups (broad SMARTS) is 1. The first kappa shape index (κ1) is 14.7. The molecule has 0 aliphatic carbocycles. The number of aromatic nitrogens is 3. The zero-order valence-electron chi connectivity index (χ0n) is 9.56. The molecule has 0 saturated heterocycles. The lowest BCUT2D eigenvalue weighted by Gasteiger charge is -2.08. The molecule has 0 aliphatic rings. The highest BCUT2D eigenvalue weighted by Crippen LogP contribution is 2.27. The lowest BCUT2D eigenvalue weighted by Crippen LogP contribution is -2.18. The Morgan fingerprint density at radius 3 is 2.80 bits per heavy atom. The van der Waals surface area contributed by atoms with Crippen LogP contribution in [0.5, 0.6) is 0 Å². The zero-order valence-corrected chi connectivity index (χ0v) is 12.0. The van der Waals surface area contributed by atoms with E-state index in [0.717, 1.165) is 22.4 Å². The van der Waals surface area contributed by atoms with Gasteiger partial charge >= 0.3 is 11.7 Å². The molecule has 0 bridgehead atoms. The number of aliphatic carboxylic acids is 1. The van der Waals surface area contributed by atoms with Gasteiger partial charge in [-0.3, -0.25) is 4.79 Å². The van der Waals surface area contributed by atoms with Gasteiger partial charge in [0.15, 0.2) is 11.0 Å². The van der Waals surface area contributed by atoms with E-state index in [1.54, 1.807) is 0 Å². The molecule has 2 rings (SSSR count). The average Bonchev–Trinajstić information content (AvgIpc) is 2.67. The number of aromatic amines is 1. The highest BCUT2D eigenvalue weighted by Gasteiger charge is 2.19. The second-order valence-corrected chi connectivity index (χ2v) is 5.34. The Bertz CT molecular complexity index is 708. The fourth-order valence-corrected chi connectivity index (χ4v) is 2.70. The van der Waals surface area contributed by atoms with Crippen LogP contribution in [0.25, 0.3) is 5.69 Å². The van der Waals surface area contributed by atoms with Crippen LogP contribution < -0.4 is 5.69 Å². The molecule has 1 heterocycles. The summed E-state index contributed by atoms with van der Waals surface area (Å²) in [5, 5.41) is 14.3. The fraction of sp³-hybridized carbons (Fsp3) is 0.100. The summed E-state index contributed by atoms with van der Waals surface area (Å²) in [6.07, 6.45) is 0. The van der Waals surface area contributed by atoms with E-state index in [4.69, 9.17) is 5.11 Å². The van der Waals surface area contributed by atoms with Gasteiger partial charge in [0.1, 0.15) is 11.5 Å². The largest absolute Gasteiger partial charge is 0.481 e. The van der Waals surface area contributed by atoms with Crippen molar-refractivity contribution in [1.29, 1.82) is 0 Å². The summed E-state index contributed by atoms with van der Waals surface area (Å²) >= 11 is 3.69. The van der Waals surface area contributed by atoms with Crippen molar-refractivity contribution in [2.75, 3.05) is 5.75 Å². The molecule has 0 amide bonds. The van der Waals surface area contributed by atoms with Gasteiger partial charge in [-0.2, -0.15) is 0 Å². The van der Waals surface area contributed by atoms with Crippen LogP contribution >= 0.6 is 27.7 Å². The maximum atomic E-state index is 13.8. The van der Waals surface area contributed by atoms with Gasteiger partial charge in [0.25, 0.3) is 0 Å². The van der Waals surface area contributed by atoms with E-state index in [0.29, 0.717) is 6.07 Å². The molecule has 106 valence electrons. The van der Waals surface area contributed by atoms with E-state index in [-0.39, 0.29) is 21.1 Å². The number of thioether (sulfide) groups is 1. The lowest BCUT2D eigenvalue weighted by atomic mass is 10.3. The van der Waals surface area contributed by atoms with Crippen molar-refractivity contribution < 1.29 is 18.7 Å². The van der Waals surface area contributed by atoms with Crippen LogP contribution in [0.15, 0.2) is 26.6 Å². The summed E-state index contributed by atoms with van der Waals surface area (Å²) in [7, 11) is 0. The topological polar surface area (TPSA) is 88.0 Å². The van der Waals surface area contributed by atoms with E-state index in [1.807, 2.05) is 0 Å². The SMILES string of the molecule is O=C(O)CSc1n[nH]c(=O)n1-c1c(F)cc(F)cc1Br. The van der Waals surface area contributed by atoms with Crippen molar-refractivity contribution in [2.45, 2.75) is 5.16 Å². The zero-order chi connectivity index (χ0) is 14.9. The number of carbonyl (C=O) groups is 1. The maximum absolute atomic E-state index is 13.8. The first-order valence-electron chi connectivity index (χ1n) is 5.07. The molecule has 6 nitrogen and oxygen atoms in total. The number of hydrogen-bond donors (Lipinski definition) is 2. The minimum absolute atomic E-state index is 0.00988. The fourth-order valence-electron chi connectivity index (χ4n) is 1.45. The van der Waals surface area contributed by atoms with E-state index in [2.05, 4.69) is 26.1 Å². The Balaban J connectivity index is 2.56. The Morgan fingerprint density at radius 1 is 1.50 bits per heavy atom. The van der Waals surface area contributed by atoms with Gasteiger partial charge in [-0.05, 0) is 22.0 Å². The van der Waals surface area contributed by atoms with Gasteiger partial charge < -0.3 is 5.11 Å². The van der Waals surface area contributed by atoms with Gasteiger partial charge in [-0.25, -0.2) is 23.2 Å². The summed E-state index contributed by atoms with van der Waals surface area (Å²) in [4.78, 5) is 22.2. The van der Waals surface area contributed by atoms with Crippen LogP contribution in [0, 0.1) is 11.6 Å². The highest BCUT2D eigenvalue weighted by atomic mass is 79.9. The number of nitrogens with one attached hydrogen (secondary N) is 1. The van der Waals surface area contributed by atoms with Crippen molar-refractivity contribution in [3.8, 4) is 5.69 Å². The Morgan fingerprint density at radius 2 is 2.20 bits per heavy atom. The number of nitrogens with zero attached hydrogens (tertiary/aromatic N) is 2. The smallest absolute Gasteiger partial charge is 0.348 e. The molecule has 0 radical (unpaired) electrons. The highest BCUT2D eigenvalue weighted by molar-refractivity contribution is 9.10. The molecule has 10 heteroatoms. The maximum Gasteiger partial charge on any atom is 0.348 e. The first-order chi connectivity index (χ1) is 9.40. The van der Waals surface area contributed by atoms with Crippen LogP contribution in [0.1, 0.15) is 0 Å². The Hall–Kier alpha value is -1.68.